The van der Waals surface area contributed by atoms with Crippen LogP contribution in [0.5, 0.6) is 0 Å². The Morgan fingerprint density at radius 3 is 2.89 bits per heavy atom. The highest BCUT2D eigenvalue weighted by atomic mass is 16.1. The standard InChI is InChI=1S/C15H28N2O/c1-4-6-13(2)11-17-10-5-7-15(12-17)8-9-16-14(3)18/h6,15H,4-5,7-12H2,1-3H3,(H,16,18). The minimum Gasteiger partial charge on any atom is -0.356 e. The molecule has 0 saturated carbocycles. The maximum atomic E-state index is 10.8. The molecule has 1 heterocycles. The maximum Gasteiger partial charge on any atom is 0.216 e. The van der Waals surface area contributed by atoms with Gasteiger partial charge in [-0.3, -0.25) is 9.69 Å². The van der Waals surface area contributed by atoms with Crippen LogP contribution in [0.2, 0.25) is 0 Å². The summed E-state index contributed by atoms with van der Waals surface area (Å²) in [7, 11) is 0. The van der Waals surface area contributed by atoms with Gasteiger partial charge in [-0.15, -0.1) is 0 Å². The van der Waals surface area contributed by atoms with Gasteiger partial charge in [-0.2, -0.15) is 0 Å². The number of likely N-dealkylation sites (tertiary alicyclic amines) is 1. The van der Waals surface area contributed by atoms with Crippen molar-refractivity contribution in [3.63, 3.8) is 0 Å². The Bertz CT molecular complexity index is 286. The van der Waals surface area contributed by atoms with E-state index in [4.69, 9.17) is 0 Å². The van der Waals surface area contributed by atoms with E-state index in [1.165, 1.54) is 31.5 Å². The van der Waals surface area contributed by atoms with E-state index in [1.807, 2.05) is 0 Å². The van der Waals surface area contributed by atoms with Crippen molar-refractivity contribution in [1.29, 1.82) is 0 Å². The molecule has 1 N–H and O–H groups in total. The van der Waals surface area contributed by atoms with E-state index < -0.39 is 0 Å². The first-order valence-corrected chi connectivity index (χ1v) is 7.24. The molecule has 1 amide bonds. The summed E-state index contributed by atoms with van der Waals surface area (Å²) >= 11 is 0. The molecule has 3 nitrogen and oxygen atoms in total. The van der Waals surface area contributed by atoms with Gasteiger partial charge < -0.3 is 5.32 Å². The predicted molar refractivity (Wildman–Crippen MR) is 76.5 cm³/mol. The van der Waals surface area contributed by atoms with Crippen molar-refractivity contribution in [1.82, 2.24) is 10.2 Å². The average Bonchev–Trinajstić information content (AvgIpc) is 2.29. The zero-order valence-electron chi connectivity index (χ0n) is 12.2. The van der Waals surface area contributed by atoms with Crippen molar-refractivity contribution >= 4 is 5.91 Å². The van der Waals surface area contributed by atoms with Gasteiger partial charge in [0.1, 0.15) is 0 Å². The lowest BCUT2D eigenvalue weighted by Crippen LogP contribution is -2.37. The van der Waals surface area contributed by atoms with Crippen molar-refractivity contribution in [2.75, 3.05) is 26.2 Å². The van der Waals surface area contributed by atoms with Crippen molar-refractivity contribution in [2.45, 2.75) is 46.5 Å². The van der Waals surface area contributed by atoms with Gasteiger partial charge in [-0.1, -0.05) is 18.6 Å². The summed E-state index contributed by atoms with van der Waals surface area (Å²) in [6.45, 7) is 10.4. The van der Waals surface area contributed by atoms with Crippen LogP contribution in [0, 0.1) is 5.92 Å². The first kappa shape index (κ1) is 15.2. The number of piperidine rings is 1. The molecular formula is C15H28N2O. The van der Waals surface area contributed by atoms with Crippen LogP contribution in [-0.2, 0) is 4.79 Å². The quantitative estimate of drug-likeness (QED) is 0.737. The van der Waals surface area contributed by atoms with Gasteiger partial charge >= 0.3 is 0 Å². The first-order valence-electron chi connectivity index (χ1n) is 7.24. The Kier molecular flexibility index (Phi) is 7.02. The molecule has 3 heteroatoms. The Morgan fingerprint density at radius 1 is 1.44 bits per heavy atom. The van der Waals surface area contributed by atoms with Crippen LogP contribution in [0.3, 0.4) is 0 Å². The highest BCUT2D eigenvalue weighted by Crippen LogP contribution is 2.19. The molecule has 1 fully saturated rings. The Labute approximate surface area is 112 Å². The summed E-state index contributed by atoms with van der Waals surface area (Å²) in [6.07, 6.45) is 7.18. The lowest BCUT2D eigenvalue weighted by Gasteiger charge is -2.33. The van der Waals surface area contributed by atoms with E-state index in [0.29, 0.717) is 0 Å². The summed E-state index contributed by atoms with van der Waals surface area (Å²) < 4.78 is 0. The van der Waals surface area contributed by atoms with Gasteiger partial charge in [0, 0.05) is 26.6 Å². The molecule has 1 rings (SSSR count). The van der Waals surface area contributed by atoms with Crippen LogP contribution >= 0.6 is 0 Å². The molecule has 1 atom stereocenters. The third kappa shape index (κ3) is 6.20. The number of hydrogen-bond acceptors (Lipinski definition) is 2. The summed E-state index contributed by atoms with van der Waals surface area (Å²) in [5, 5.41) is 2.90. The second-order valence-electron chi connectivity index (χ2n) is 5.47. The number of carbonyl (C=O) groups is 1. The number of amides is 1. The maximum absolute atomic E-state index is 10.8. The van der Waals surface area contributed by atoms with Gasteiger partial charge in [-0.25, -0.2) is 0 Å². The minimum absolute atomic E-state index is 0.0874. The summed E-state index contributed by atoms with van der Waals surface area (Å²) in [5.74, 6) is 0.837. The topological polar surface area (TPSA) is 32.3 Å². The molecule has 0 spiro atoms. The number of nitrogens with zero attached hydrogens (tertiary/aromatic N) is 1. The second kappa shape index (κ2) is 8.30. The highest BCUT2D eigenvalue weighted by molar-refractivity contribution is 5.72. The number of rotatable bonds is 6. The number of carbonyl (C=O) groups excluding carboxylic acids is 1. The molecule has 0 aromatic heterocycles. The molecule has 18 heavy (non-hydrogen) atoms. The Balaban J connectivity index is 2.27. The third-order valence-electron chi connectivity index (χ3n) is 3.56. The molecule has 1 aliphatic rings. The van der Waals surface area contributed by atoms with Crippen molar-refractivity contribution in [3.8, 4) is 0 Å². The molecule has 0 aromatic carbocycles. The molecule has 1 aliphatic heterocycles. The van der Waals surface area contributed by atoms with E-state index in [9.17, 15) is 4.79 Å². The van der Waals surface area contributed by atoms with E-state index >= 15 is 0 Å². The highest BCUT2D eigenvalue weighted by Gasteiger charge is 2.19. The van der Waals surface area contributed by atoms with Crippen molar-refractivity contribution in [3.05, 3.63) is 11.6 Å². The van der Waals surface area contributed by atoms with Crippen molar-refractivity contribution < 1.29 is 4.79 Å². The van der Waals surface area contributed by atoms with Crippen molar-refractivity contribution in [2.24, 2.45) is 5.92 Å². The summed E-state index contributed by atoms with van der Waals surface area (Å²) in [5.41, 5.74) is 1.49. The third-order valence-corrected chi connectivity index (χ3v) is 3.56. The Hall–Kier alpha value is -0.830. The van der Waals surface area contributed by atoms with Gasteiger partial charge in [0.05, 0.1) is 0 Å². The van der Waals surface area contributed by atoms with Crippen LogP contribution in [0.4, 0.5) is 0 Å². The van der Waals surface area contributed by atoms with Crippen LogP contribution in [0.25, 0.3) is 0 Å². The van der Waals surface area contributed by atoms with Crippen LogP contribution in [0.15, 0.2) is 11.6 Å². The SMILES string of the molecule is CCC=C(C)CN1CCCC(CCNC(C)=O)C1. The lowest BCUT2D eigenvalue weighted by atomic mass is 9.94. The zero-order valence-corrected chi connectivity index (χ0v) is 12.2. The van der Waals surface area contributed by atoms with Crippen LogP contribution in [0.1, 0.15) is 46.5 Å². The average molecular weight is 252 g/mol. The van der Waals surface area contributed by atoms with E-state index in [0.717, 1.165) is 31.8 Å². The second-order valence-corrected chi connectivity index (χ2v) is 5.47. The normalized spacial score (nSPS) is 21.9. The molecule has 1 saturated heterocycles. The largest absolute Gasteiger partial charge is 0.356 e. The first-order chi connectivity index (χ1) is 8.61. The van der Waals surface area contributed by atoms with Gasteiger partial charge in [0.25, 0.3) is 0 Å². The van der Waals surface area contributed by atoms with Crippen LogP contribution < -0.4 is 5.32 Å². The molecule has 104 valence electrons. The van der Waals surface area contributed by atoms with Gasteiger partial charge in [0.2, 0.25) is 5.91 Å². The molecule has 0 aliphatic carbocycles. The van der Waals surface area contributed by atoms with E-state index in [-0.39, 0.29) is 5.91 Å². The molecular weight excluding hydrogens is 224 g/mol. The fourth-order valence-electron chi connectivity index (χ4n) is 2.75. The zero-order chi connectivity index (χ0) is 13.4. The fraction of sp³-hybridized carbons (Fsp3) is 0.800. The number of allylic oxidation sites excluding steroid dienone is 1. The van der Waals surface area contributed by atoms with Gasteiger partial charge in [-0.05, 0) is 45.1 Å². The lowest BCUT2D eigenvalue weighted by molar-refractivity contribution is -0.119. The molecule has 1 unspecified atom stereocenters. The predicted octanol–water partition coefficient (Wildman–Crippen LogP) is 2.58. The molecule has 0 aromatic rings. The number of hydrogen-bond donors (Lipinski definition) is 1. The molecule has 0 radical (unpaired) electrons. The molecule has 0 bridgehead atoms. The van der Waals surface area contributed by atoms with Crippen LogP contribution in [-0.4, -0.2) is 37.0 Å². The van der Waals surface area contributed by atoms with Gasteiger partial charge in [0.15, 0.2) is 0 Å². The number of nitrogens with one attached hydrogen (secondary N) is 1. The fourth-order valence-corrected chi connectivity index (χ4v) is 2.75. The smallest absolute Gasteiger partial charge is 0.216 e. The monoisotopic (exact) mass is 252 g/mol. The Morgan fingerprint density at radius 2 is 2.22 bits per heavy atom. The van der Waals surface area contributed by atoms with E-state index in [2.05, 4.69) is 30.1 Å². The minimum atomic E-state index is 0.0874. The summed E-state index contributed by atoms with van der Waals surface area (Å²) in [4.78, 5) is 13.4. The summed E-state index contributed by atoms with van der Waals surface area (Å²) in [6, 6.07) is 0. The van der Waals surface area contributed by atoms with E-state index in [1.54, 1.807) is 6.92 Å².